The van der Waals surface area contributed by atoms with Crippen molar-refractivity contribution in [2.75, 3.05) is 4.90 Å². The summed E-state index contributed by atoms with van der Waals surface area (Å²) in [5.41, 5.74) is 12.5. The molecule has 8 heteroatoms. The molecule has 0 fully saturated rings. The van der Waals surface area contributed by atoms with Crippen LogP contribution in [0.1, 0.15) is 43.4 Å². The summed E-state index contributed by atoms with van der Waals surface area (Å²) in [4.78, 5) is 39.8. The molecule has 0 saturated heterocycles. The maximum Gasteiger partial charge on any atom is 0.249 e. The van der Waals surface area contributed by atoms with Crippen molar-refractivity contribution >= 4 is 23.4 Å². The second-order valence-electron chi connectivity index (χ2n) is 10.4. The number of anilines is 1. The first-order chi connectivity index (χ1) is 18.1. The molecular formula is C30H34N4O4. The zero-order valence-electron chi connectivity index (χ0n) is 21.7. The quantitative estimate of drug-likeness (QED) is 0.271. The summed E-state index contributed by atoms with van der Waals surface area (Å²) in [6.07, 6.45) is 1.38. The number of carbonyl (C=O) groups is 3. The normalized spacial score (nSPS) is 15.4. The monoisotopic (exact) mass is 514 g/mol. The number of fused-ring (bicyclic) bond motifs is 1. The summed E-state index contributed by atoms with van der Waals surface area (Å²) in [5.74, 6) is -0.869. The van der Waals surface area contributed by atoms with Crippen molar-refractivity contribution in [1.82, 2.24) is 10.8 Å². The number of benzene rings is 3. The van der Waals surface area contributed by atoms with E-state index in [4.69, 9.17) is 10.9 Å². The van der Waals surface area contributed by atoms with Crippen LogP contribution in [0.5, 0.6) is 0 Å². The van der Waals surface area contributed by atoms with Gasteiger partial charge in [-0.15, -0.1) is 0 Å². The average molecular weight is 515 g/mol. The molecule has 0 spiro atoms. The first-order valence-corrected chi connectivity index (χ1v) is 12.7. The van der Waals surface area contributed by atoms with Crippen LogP contribution in [0.25, 0.3) is 11.1 Å². The van der Waals surface area contributed by atoms with Gasteiger partial charge in [-0.1, -0.05) is 66.7 Å². The van der Waals surface area contributed by atoms with Crippen LogP contribution < -0.4 is 21.4 Å². The largest absolute Gasteiger partial charge is 0.344 e. The van der Waals surface area contributed by atoms with Crippen molar-refractivity contribution in [3.05, 3.63) is 89.5 Å². The Morgan fingerprint density at radius 3 is 2.39 bits per heavy atom. The number of nitrogens with two attached hydrogens (primary N) is 1. The number of carbonyl (C=O) groups excluding carboxylic acids is 3. The summed E-state index contributed by atoms with van der Waals surface area (Å²) in [7, 11) is 0. The highest BCUT2D eigenvalue weighted by atomic mass is 16.5. The number of hydrogen-bond donors (Lipinski definition) is 4. The molecule has 1 aliphatic rings. The fraction of sp³-hybridized carbons (Fsp3) is 0.300. The minimum absolute atomic E-state index is 0.0575. The van der Waals surface area contributed by atoms with Crippen LogP contribution >= 0.6 is 0 Å². The number of rotatable bonds is 8. The molecule has 0 aromatic heterocycles. The molecule has 3 aromatic carbocycles. The van der Waals surface area contributed by atoms with Gasteiger partial charge < -0.3 is 16.0 Å². The molecule has 5 N–H and O–H groups in total. The molecule has 3 aromatic rings. The standard InChI is InChI=1S/C30H34N4O4/c1-30(2,31)18-28(36)32-25-16-15-22-7-4-6-10-26(22)34(29(25)37)19-20-11-13-21(14-12-20)24-9-5-3-8-23(24)17-27(35)33-38/h3-14,25,38H,15-19,31H2,1-2H3,(H,32,36)(H,33,35)/t25-/m1/s1. The number of aryl methyl sites for hydroxylation is 1. The minimum atomic E-state index is -0.664. The lowest BCUT2D eigenvalue weighted by Gasteiger charge is -2.27. The van der Waals surface area contributed by atoms with Crippen molar-refractivity contribution in [2.24, 2.45) is 5.73 Å². The number of amides is 3. The first kappa shape index (κ1) is 27.0. The van der Waals surface area contributed by atoms with E-state index >= 15 is 0 Å². The number of hydroxylamine groups is 1. The third-order valence-electron chi connectivity index (χ3n) is 6.60. The Morgan fingerprint density at radius 1 is 1.00 bits per heavy atom. The predicted octanol–water partition coefficient (Wildman–Crippen LogP) is 3.49. The van der Waals surface area contributed by atoms with Crippen LogP contribution in [0, 0.1) is 0 Å². The Kier molecular flexibility index (Phi) is 8.24. The molecule has 0 saturated carbocycles. The maximum atomic E-state index is 13.7. The van der Waals surface area contributed by atoms with Crippen molar-refractivity contribution in [3.8, 4) is 11.1 Å². The van der Waals surface area contributed by atoms with Crippen molar-refractivity contribution in [3.63, 3.8) is 0 Å². The molecule has 1 atom stereocenters. The summed E-state index contributed by atoms with van der Waals surface area (Å²) >= 11 is 0. The van der Waals surface area contributed by atoms with Crippen molar-refractivity contribution in [1.29, 1.82) is 0 Å². The van der Waals surface area contributed by atoms with Crippen LogP contribution in [-0.2, 0) is 33.8 Å². The van der Waals surface area contributed by atoms with E-state index in [0.717, 1.165) is 33.5 Å². The summed E-state index contributed by atoms with van der Waals surface area (Å²) < 4.78 is 0. The molecule has 1 heterocycles. The summed E-state index contributed by atoms with van der Waals surface area (Å²) in [5, 5.41) is 11.8. The zero-order chi connectivity index (χ0) is 27.3. The highest BCUT2D eigenvalue weighted by Crippen LogP contribution is 2.30. The topological polar surface area (TPSA) is 125 Å². The third kappa shape index (κ3) is 6.65. The van der Waals surface area contributed by atoms with E-state index in [1.807, 2.05) is 72.8 Å². The second-order valence-corrected chi connectivity index (χ2v) is 10.4. The minimum Gasteiger partial charge on any atom is -0.344 e. The van der Waals surface area contributed by atoms with Gasteiger partial charge in [-0.2, -0.15) is 0 Å². The van der Waals surface area contributed by atoms with E-state index in [2.05, 4.69) is 5.32 Å². The van der Waals surface area contributed by atoms with E-state index in [9.17, 15) is 14.4 Å². The van der Waals surface area contributed by atoms with Crippen LogP contribution in [0.2, 0.25) is 0 Å². The summed E-state index contributed by atoms with van der Waals surface area (Å²) in [6.45, 7) is 3.92. The molecule has 4 rings (SSSR count). The van der Waals surface area contributed by atoms with Gasteiger partial charge in [-0.05, 0) is 60.6 Å². The number of nitrogens with zero attached hydrogens (tertiary/aromatic N) is 1. The van der Waals surface area contributed by atoms with Gasteiger partial charge in [0.05, 0.1) is 13.0 Å². The predicted molar refractivity (Wildman–Crippen MR) is 146 cm³/mol. The molecule has 0 radical (unpaired) electrons. The van der Waals surface area contributed by atoms with E-state index in [1.54, 1.807) is 24.2 Å². The SMILES string of the molecule is CC(C)(N)CC(=O)N[C@@H]1CCc2ccccc2N(Cc2ccc(-c3ccccc3CC(=O)NO)cc2)C1=O. The van der Waals surface area contributed by atoms with E-state index in [-0.39, 0.29) is 24.7 Å². The number of hydrogen-bond acceptors (Lipinski definition) is 5. The third-order valence-corrected chi connectivity index (χ3v) is 6.60. The molecule has 1 aliphatic heterocycles. The molecule has 8 nitrogen and oxygen atoms in total. The molecule has 38 heavy (non-hydrogen) atoms. The van der Waals surface area contributed by atoms with Crippen molar-refractivity contribution < 1.29 is 19.6 Å². The van der Waals surface area contributed by atoms with Gasteiger partial charge in [0.25, 0.3) is 0 Å². The number of nitrogens with one attached hydrogen (secondary N) is 2. The lowest BCUT2D eigenvalue weighted by Crippen LogP contribution is -2.49. The first-order valence-electron chi connectivity index (χ1n) is 12.7. The van der Waals surface area contributed by atoms with Crippen LogP contribution in [0.3, 0.4) is 0 Å². The molecule has 3 amide bonds. The molecular weight excluding hydrogens is 480 g/mol. The molecule has 0 bridgehead atoms. The van der Waals surface area contributed by atoms with Gasteiger partial charge in [0.1, 0.15) is 6.04 Å². The van der Waals surface area contributed by atoms with Gasteiger partial charge in [-0.25, -0.2) is 5.48 Å². The summed E-state index contributed by atoms with van der Waals surface area (Å²) in [6, 6.07) is 22.6. The number of para-hydroxylation sites is 1. The van der Waals surface area contributed by atoms with Gasteiger partial charge >= 0.3 is 0 Å². The van der Waals surface area contributed by atoms with Crippen LogP contribution in [0.15, 0.2) is 72.8 Å². The Balaban J connectivity index is 1.57. The fourth-order valence-corrected chi connectivity index (χ4v) is 4.81. The highest BCUT2D eigenvalue weighted by molar-refractivity contribution is 6.00. The second kappa shape index (κ2) is 11.6. The molecule has 0 unspecified atom stereocenters. The van der Waals surface area contributed by atoms with Gasteiger partial charge in [-0.3, -0.25) is 19.6 Å². The highest BCUT2D eigenvalue weighted by Gasteiger charge is 2.32. The molecule has 0 aliphatic carbocycles. The Bertz CT molecular complexity index is 1310. The Hall–Kier alpha value is -4.01. The fourth-order valence-electron chi connectivity index (χ4n) is 4.81. The van der Waals surface area contributed by atoms with Gasteiger partial charge in [0.2, 0.25) is 17.7 Å². The zero-order valence-corrected chi connectivity index (χ0v) is 21.7. The van der Waals surface area contributed by atoms with Crippen LogP contribution in [0.4, 0.5) is 5.69 Å². The van der Waals surface area contributed by atoms with Crippen molar-refractivity contribution in [2.45, 2.75) is 57.7 Å². The van der Waals surface area contributed by atoms with Gasteiger partial charge in [0, 0.05) is 17.6 Å². The average Bonchev–Trinajstić information content (AvgIpc) is 3.01. The Labute approximate surface area is 222 Å². The molecule has 198 valence electrons. The van der Waals surface area contributed by atoms with Gasteiger partial charge in [0.15, 0.2) is 0 Å². The smallest absolute Gasteiger partial charge is 0.249 e. The van der Waals surface area contributed by atoms with E-state index in [0.29, 0.717) is 19.4 Å². The van der Waals surface area contributed by atoms with E-state index in [1.165, 1.54) is 0 Å². The van der Waals surface area contributed by atoms with E-state index < -0.39 is 17.5 Å². The maximum absolute atomic E-state index is 13.7. The van der Waals surface area contributed by atoms with Crippen LogP contribution in [-0.4, -0.2) is 34.5 Å². The Morgan fingerprint density at radius 2 is 1.68 bits per heavy atom. The lowest BCUT2D eigenvalue weighted by atomic mass is 9.96. The lowest BCUT2D eigenvalue weighted by molar-refractivity contribution is -0.128.